The summed E-state index contributed by atoms with van der Waals surface area (Å²) in [5.74, 6) is -0.00223. The van der Waals surface area contributed by atoms with Crippen LogP contribution < -0.4 is 0 Å². The van der Waals surface area contributed by atoms with Crippen molar-refractivity contribution in [3.05, 3.63) is 21.9 Å². The quantitative estimate of drug-likeness (QED) is 0.772. The summed E-state index contributed by atoms with van der Waals surface area (Å²) in [6, 6.07) is 3.53. The van der Waals surface area contributed by atoms with Crippen LogP contribution in [0, 0.1) is 0 Å². The van der Waals surface area contributed by atoms with Crippen LogP contribution in [0.1, 0.15) is 40.1 Å². The van der Waals surface area contributed by atoms with E-state index in [1.54, 1.807) is 12.1 Å². The van der Waals surface area contributed by atoms with Crippen molar-refractivity contribution in [1.29, 1.82) is 0 Å². The second kappa shape index (κ2) is 5.20. The summed E-state index contributed by atoms with van der Waals surface area (Å²) in [4.78, 5) is 26.7. The Bertz CT molecular complexity index is 469. The number of ketones is 1. The summed E-state index contributed by atoms with van der Waals surface area (Å²) >= 11 is 1.26. The van der Waals surface area contributed by atoms with Gasteiger partial charge < -0.3 is 9.64 Å². The number of carbonyl (C=O) groups is 2. The number of hydrogen-bond acceptors (Lipinski definition) is 4. The van der Waals surface area contributed by atoms with Crippen molar-refractivity contribution < 1.29 is 14.3 Å². The van der Waals surface area contributed by atoms with E-state index in [0.717, 1.165) is 0 Å². The van der Waals surface area contributed by atoms with Crippen LogP contribution in [0.4, 0.5) is 0 Å². The zero-order chi connectivity index (χ0) is 13.3. The van der Waals surface area contributed by atoms with Gasteiger partial charge >= 0.3 is 0 Å². The topological polar surface area (TPSA) is 46.6 Å². The third kappa shape index (κ3) is 2.62. The van der Waals surface area contributed by atoms with E-state index in [2.05, 4.69) is 0 Å². The van der Waals surface area contributed by atoms with Crippen LogP contribution in [-0.2, 0) is 4.74 Å². The van der Waals surface area contributed by atoms with Crippen LogP contribution in [0.15, 0.2) is 12.1 Å². The van der Waals surface area contributed by atoms with E-state index in [1.165, 1.54) is 18.3 Å². The Morgan fingerprint density at radius 3 is 2.61 bits per heavy atom. The number of nitrogens with zero attached hydrogens (tertiary/aromatic N) is 1. The second-order valence-electron chi connectivity index (χ2n) is 4.67. The largest absolute Gasteiger partial charge is 0.375 e. The van der Waals surface area contributed by atoms with Gasteiger partial charge in [-0.05, 0) is 32.9 Å². The Morgan fingerprint density at radius 2 is 2.00 bits per heavy atom. The highest BCUT2D eigenvalue weighted by atomic mass is 32.1. The van der Waals surface area contributed by atoms with Crippen LogP contribution in [0.2, 0.25) is 0 Å². The minimum Gasteiger partial charge on any atom is -0.375 e. The minimum absolute atomic E-state index is 0.00226. The van der Waals surface area contributed by atoms with Crippen molar-refractivity contribution in [3.63, 3.8) is 0 Å². The number of rotatable bonds is 2. The monoisotopic (exact) mass is 267 g/mol. The Hall–Kier alpha value is -1.20. The van der Waals surface area contributed by atoms with Gasteiger partial charge in [-0.15, -0.1) is 11.3 Å². The van der Waals surface area contributed by atoms with E-state index in [9.17, 15) is 9.59 Å². The molecule has 1 aliphatic rings. The standard InChI is InChI=1S/C13H17NO3S/c1-8-7-17-9(2)6-14(8)13(16)12-5-4-11(18-12)10(3)15/h4-5,8-9H,6-7H2,1-3H3. The summed E-state index contributed by atoms with van der Waals surface area (Å²) in [6.07, 6.45) is 0.0670. The van der Waals surface area contributed by atoms with Gasteiger partial charge in [0.25, 0.3) is 5.91 Å². The van der Waals surface area contributed by atoms with E-state index in [-0.39, 0.29) is 23.8 Å². The number of morpholine rings is 1. The molecule has 0 spiro atoms. The summed E-state index contributed by atoms with van der Waals surface area (Å²) in [7, 11) is 0. The number of amides is 1. The molecule has 0 aromatic carbocycles. The number of thiophene rings is 1. The molecule has 0 saturated carbocycles. The molecule has 1 saturated heterocycles. The van der Waals surface area contributed by atoms with Gasteiger partial charge in [0.05, 0.1) is 28.5 Å². The average molecular weight is 267 g/mol. The van der Waals surface area contributed by atoms with E-state index < -0.39 is 0 Å². The minimum atomic E-state index is -0.00449. The fourth-order valence-electron chi connectivity index (χ4n) is 1.97. The van der Waals surface area contributed by atoms with Crippen molar-refractivity contribution in [2.75, 3.05) is 13.2 Å². The zero-order valence-electron chi connectivity index (χ0n) is 10.8. The van der Waals surface area contributed by atoms with Crippen LogP contribution in [0.3, 0.4) is 0 Å². The van der Waals surface area contributed by atoms with Gasteiger partial charge in [0.1, 0.15) is 0 Å². The Labute approximate surface area is 111 Å². The van der Waals surface area contributed by atoms with E-state index >= 15 is 0 Å². The molecular weight excluding hydrogens is 250 g/mol. The van der Waals surface area contributed by atoms with Gasteiger partial charge in [-0.1, -0.05) is 0 Å². The van der Waals surface area contributed by atoms with E-state index in [1.807, 2.05) is 18.7 Å². The van der Waals surface area contributed by atoms with Crippen molar-refractivity contribution in [1.82, 2.24) is 4.90 Å². The van der Waals surface area contributed by atoms with Gasteiger partial charge in [-0.25, -0.2) is 0 Å². The lowest BCUT2D eigenvalue weighted by atomic mass is 10.2. The molecule has 0 radical (unpaired) electrons. The fraction of sp³-hybridized carbons (Fsp3) is 0.538. The number of hydrogen-bond donors (Lipinski definition) is 0. The molecule has 0 aliphatic carbocycles. The van der Waals surface area contributed by atoms with Gasteiger partial charge in [0, 0.05) is 6.54 Å². The van der Waals surface area contributed by atoms with Gasteiger partial charge in [-0.2, -0.15) is 0 Å². The van der Waals surface area contributed by atoms with E-state index in [4.69, 9.17) is 4.74 Å². The number of Topliss-reactive ketones (excluding diaryl/α,β-unsaturated/α-hetero) is 1. The molecule has 0 bridgehead atoms. The highest BCUT2D eigenvalue weighted by Crippen LogP contribution is 2.22. The van der Waals surface area contributed by atoms with Crippen molar-refractivity contribution in [2.45, 2.75) is 32.9 Å². The maximum Gasteiger partial charge on any atom is 0.264 e. The Morgan fingerprint density at radius 1 is 1.33 bits per heavy atom. The lowest BCUT2D eigenvalue weighted by molar-refractivity contribution is -0.0385. The fourth-order valence-corrected chi connectivity index (χ4v) is 2.83. The first kappa shape index (κ1) is 13.2. The normalized spacial score (nSPS) is 24.1. The smallest absolute Gasteiger partial charge is 0.264 e. The highest BCUT2D eigenvalue weighted by Gasteiger charge is 2.29. The third-order valence-corrected chi connectivity index (χ3v) is 4.21. The summed E-state index contributed by atoms with van der Waals surface area (Å²) < 4.78 is 5.51. The lowest BCUT2D eigenvalue weighted by Gasteiger charge is -2.36. The maximum absolute atomic E-state index is 12.4. The number of ether oxygens (including phenoxy) is 1. The third-order valence-electron chi connectivity index (χ3n) is 3.03. The molecule has 1 fully saturated rings. The van der Waals surface area contributed by atoms with Gasteiger partial charge in [0.2, 0.25) is 0 Å². The molecule has 1 amide bonds. The van der Waals surface area contributed by atoms with Gasteiger partial charge in [-0.3, -0.25) is 9.59 Å². The molecule has 4 nitrogen and oxygen atoms in total. The molecule has 98 valence electrons. The molecule has 2 unspecified atom stereocenters. The Kier molecular flexibility index (Phi) is 3.82. The van der Waals surface area contributed by atoms with Crippen molar-refractivity contribution in [2.24, 2.45) is 0 Å². The molecule has 1 aromatic rings. The molecule has 1 aliphatic heterocycles. The molecule has 1 aromatic heterocycles. The first-order chi connectivity index (χ1) is 8.49. The van der Waals surface area contributed by atoms with Crippen LogP contribution in [0.5, 0.6) is 0 Å². The predicted molar refractivity (Wildman–Crippen MR) is 70.2 cm³/mol. The van der Waals surface area contributed by atoms with Crippen LogP contribution in [0.25, 0.3) is 0 Å². The molecule has 18 heavy (non-hydrogen) atoms. The van der Waals surface area contributed by atoms with Gasteiger partial charge in [0.15, 0.2) is 5.78 Å². The molecular formula is C13H17NO3S. The molecule has 0 N–H and O–H groups in total. The first-order valence-corrected chi connectivity index (χ1v) is 6.84. The van der Waals surface area contributed by atoms with Crippen molar-refractivity contribution in [3.8, 4) is 0 Å². The molecule has 2 rings (SSSR count). The molecule has 5 heteroatoms. The Balaban J connectivity index is 2.16. The molecule has 2 heterocycles. The van der Waals surface area contributed by atoms with Crippen LogP contribution >= 0.6 is 11.3 Å². The SMILES string of the molecule is CC(=O)c1ccc(C(=O)N2CC(C)OCC2C)s1. The van der Waals surface area contributed by atoms with Crippen molar-refractivity contribution >= 4 is 23.0 Å². The average Bonchev–Trinajstić information content (AvgIpc) is 2.81. The van der Waals surface area contributed by atoms with E-state index in [0.29, 0.717) is 22.9 Å². The highest BCUT2D eigenvalue weighted by molar-refractivity contribution is 7.15. The predicted octanol–water partition coefficient (Wildman–Crippen LogP) is 2.20. The number of carbonyl (C=O) groups excluding carboxylic acids is 2. The summed E-state index contributed by atoms with van der Waals surface area (Å²) in [5, 5.41) is 0. The molecule has 2 atom stereocenters. The summed E-state index contributed by atoms with van der Waals surface area (Å²) in [5.41, 5.74) is 0. The summed E-state index contributed by atoms with van der Waals surface area (Å²) in [6.45, 7) is 6.62. The lowest BCUT2D eigenvalue weighted by Crippen LogP contribution is -2.50. The zero-order valence-corrected chi connectivity index (χ0v) is 11.6. The second-order valence-corrected chi connectivity index (χ2v) is 5.75. The first-order valence-electron chi connectivity index (χ1n) is 6.02. The maximum atomic E-state index is 12.4. The van der Waals surface area contributed by atoms with Crippen LogP contribution in [-0.4, -0.2) is 41.9 Å².